The summed E-state index contributed by atoms with van der Waals surface area (Å²) in [4.78, 5) is 0. The first kappa shape index (κ1) is 9.96. The molecule has 1 fully saturated rings. The first-order valence-electron chi connectivity index (χ1n) is 3.58. The van der Waals surface area contributed by atoms with Crippen LogP contribution in [-0.4, -0.2) is 24.2 Å². The molecule has 0 bridgehead atoms. The van der Waals surface area contributed by atoms with Crippen molar-refractivity contribution in [3.8, 4) is 0 Å². The lowest BCUT2D eigenvalue weighted by Gasteiger charge is -1.93. The average molecular weight is 198 g/mol. The number of aliphatic hydroxyl groups excluding tert-OH is 1. The highest BCUT2D eigenvalue weighted by atomic mass is 31.1. The lowest BCUT2D eigenvalue weighted by atomic mass is 10.2. The maximum atomic E-state index is 12.6. The highest BCUT2D eigenvalue weighted by molar-refractivity contribution is 7.17. The van der Waals surface area contributed by atoms with Gasteiger partial charge in [0.1, 0.15) is 0 Å². The largest absolute Gasteiger partial charge is 0.396 e. The Bertz CT molecular complexity index is 176. The molecule has 1 saturated carbocycles. The third-order valence-electron chi connectivity index (χ3n) is 2.13. The highest BCUT2D eigenvalue weighted by Gasteiger charge is 2.66. The van der Waals surface area contributed by atoms with E-state index in [1.165, 1.54) is 0 Å². The van der Waals surface area contributed by atoms with Crippen LogP contribution in [0.15, 0.2) is 0 Å². The summed E-state index contributed by atoms with van der Waals surface area (Å²) >= 11 is 0. The van der Waals surface area contributed by atoms with Crippen LogP contribution in [0.2, 0.25) is 0 Å². The molecule has 12 heavy (non-hydrogen) atoms. The summed E-state index contributed by atoms with van der Waals surface area (Å²) in [5.74, 6) is -4.48. The minimum Gasteiger partial charge on any atom is -0.396 e. The maximum absolute atomic E-state index is 12.6. The van der Waals surface area contributed by atoms with Gasteiger partial charge in [-0.2, -0.15) is 0 Å². The van der Waals surface area contributed by atoms with Crippen LogP contribution >= 0.6 is 8.69 Å². The predicted octanol–water partition coefficient (Wildman–Crippen LogP) is 1.47. The molecule has 6 heteroatoms. The third-order valence-corrected chi connectivity index (χ3v) is 2.42. The molecule has 2 atom stereocenters. The van der Waals surface area contributed by atoms with E-state index in [1.54, 1.807) is 0 Å². The Morgan fingerprint density at radius 2 is 2.17 bits per heavy atom. The normalized spacial score (nSPS) is 32.2. The van der Waals surface area contributed by atoms with Gasteiger partial charge in [-0.3, -0.25) is 4.52 Å². The van der Waals surface area contributed by atoms with Crippen molar-refractivity contribution in [1.82, 2.24) is 0 Å². The minimum atomic E-state index is -2.75. The van der Waals surface area contributed by atoms with Gasteiger partial charge in [-0.05, 0) is 6.42 Å². The van der Waals surface area contributed by atoms with Gasteiger partial charge < -0.3 is 5.11 Å². The lowest BCUT2D eigenvalue weighted by Crippen LogP contribution is -1.97. The van der Waals surface area contributed by atoms with E-state index in [2.05, 4.69) is 4.52 Å². The Morgan fingerprint density at radius 1 is 1.50 bits per heavy atom. The van der Waals surface area contributed by atoms with Gasteiger partial charge in [-0.15, -0.1) is 0 Å². The zero-order valence-corrected chi connectivity index (χ0v) is 7.14. The van der Waals surface area contributed by atoms with E-state index >= 15 is 0 Å². The number of aliphatic hydroxyl groups is 1. The molecule has 70 valence electrons. The smallest absolute Gasteiger partial charge is 0.327 e. The van der Waals surface area contributed by atoms with Gasteiger partial charge >= 0.3 is 8.69 Å². The van der Waals surface area contributed by atoms with E-state index in [0.29, 0.717) is 0 Å². The van der Waals surface area contributed by atoms with Crippen LogP contribution in [0.1, 0.15) is 6.42 Å². The summed E-state index contributed by atoms with van der Waals surface area (Å²) in [6.07, 6.45) is 0.146. The summed E-state index contributed by atoms with van der Waals surface area (Å²) in [5.41, 5.74) is 0. The van der Waals surface area contributed by atoms with Gasteiger partial charge in [0.05, 0.1) is 19.1 Å². The van der Waals surface area contributed by atoms with Crippen molar-refractivity contribution in [1.29, 1.82) is 0 Å². The fourth-order valence-electron chi connectivity index (χ4n) is 1.32. The molecule has 3 nitrogen and oxygen atoms in total. The molecule has 0 saturated heterocycles. The Balaban J connectivity index is 2.23. The average Bonchev–Trinajstić information content (AvgIpc) is 2.54. The molecule has 0 amide bonds. The van der Waals surface area contributed by atoms with Gasteiger partial charge in [0.2, 0.25) is 0 Å². The van der Waals surface area contributed by atoms with Gasteiger partial charge in [0.15, 0.2) is 0 Å². The van der Waals surface area contributed by atoms with Gasteiger partial charge in [0.25, 0.3) is 5.92 Å². The molecule has 0 heterocycles. The molecule has 0 aliphatic heterocycles. The quantitative estimate of drug-likeness (QED) is 0.537. The van der Waals surface area contributed by atoms with Crippen LogP contribution in [0.4, 0.5) is 8.78 Å². The van der Waals surface area contributed by atoms with Crippen LogP contribution in [0.25, 0.3) is 0 Å². The van der Waals surface area contributed by atoms with Crippen LogP contribution in [-0.2, 0) is 9.09 Å². The van der Waals surface area contributed by atoms with Crippen molar-refractivity contribution in [3.63, 3.8) is 0 Å². The topological polar surface area (TPSA) is 46.5 Å². The van der Waals surface area contributed by atoms with Gasteiger partial charge in [-0.25, -0.2) is 13.3 Å². The standard InChI is InChI=1S/C6H9F2O3P/c7-6(8)4(5(6)3-9)1-2-11-12-10/h4-5,9H,1-3H2. The zero-order valence-electron chi connectivity index (χ0n) is 6.24. The van der Waals surface area contributed by atoms with E-state index < -0.39 is 33.1 Å². The highest BCUT2D eigenvalue weighted by Crippen LogP contribution is 2.56. The molecule has 1 aliphatic rings. The Kier molecular flexibility index (Phi) is 3.09. The van der Waals surface area contributed by atoms with E-state index in [-0.39, 0.29) is 13.0 Å². The Labute approximate surface area is 70.0 Å². The summed E-state index contributed by atoms with van der Waals surface area (Å²) in [5, 5.41) is 8.48. The van der Waals surface area contributed by atoms with Crippen molar-refractivity contribution >= 4 is 8.69 Å². The summed E-state index contributed by atoms with van der Waals surface area (Å²) in [7, 11) is -0.487. The second-order valence-corrected chi connectivity index (χ2v) is 3.17. The van der Waals surface area contributed by atoms with Gasteiger partial charge in [-0.1, -0.05) is 0 Å². The molecule has 1 N–H and O–H groups in total. The molecule has 0 spiro atoms. The number of halogens is 2. The van der Waals surface area contributed by atoms with Crippen LogP contribution < -0.4 is 0 Å². The minimum absolute atomic E-state index is 0.0435. The maximum Gasteiger partial charge on any atom is 0.327 e. The first-order valence-corrected chi connectivity index (χ1v) is 4.31. The molecule has 0 aromatic carbocycles. The molecular formula is C6H9F2O3P. The molecule has 0 radical (unpaired) electrons. The third kappa shape index (κ3) is 1.79. The molecular weight excluding hydrogens is 189 g/mol. The summed E-state index contributed by atoms with van der Waals surface area (Å²) in [6.45, 7) is -0.450. The lowest BCUT2D eigenvalue weighted by molar-refractivity contribution is 0.0696. The number of alkyl halides is 2. The van der Waals surface area contributed by atoms with E-state index in [9.17, 15) is 13.3 Å². The molecule has 2 unspecified atom stereocenters. The van der Waals surface area contributed by atoms with E-state index in [0.717, 1.165) is 0 Å². The zero-order chi connectivity index (χ0) is 9.19. The Morgan fingerprint density at radius 3 is 2.58 bits per heavy atom. The number of hydrogen-bond donors (Lipinski definition) is 1. The van der Waals surface area contributed by atoms with E-state index in [1.807, 2.05) is 0 Å². The fourth-order valence-corrected chi connectivity index (χ4v) is 1.50. The number of hydrogen-bond acceptors (Lipinski definition) is 3. The van der Waals surface area contributed by atoms with E-state index in [4.69, 9.17) is 5.11 Å². The van der Waals surface area contributed by atoms with Crippen molar-refractivity contribution in [2.24, 2.45) is 11.8 Å². The van der Waals surface area contributed by atoms with Crippen LogP contribution in [0.5, 0.6) is 0 Å². The second kappa shape index (κ2) is 3.73. The van der Waals surface area contributed by atoms with Crippen molar-refractivity contribution < 1.29 is 23.0 Å². The Hall–Kier alpha value is -0.120. The van der Waals surface area contributed by atoms with Gasteiger partial charge in [0, 0.05) is 5.92 Å². The fraction of sp³-hybridized carbons (Fsp3) is 1.00. The van der Waals surface area contributed by atoms with Crippen molar-refractivity contribution in [2.75, 3.05) is 13.2 Å². The molecule has 1 rings (SSSR count). The second-order valence-electron chi connectivity index (χ2n) is 2.77. The van der Waals surface area contributed by atoms with Crippen LogP contribution in [0.3, 0.4) is 0 Å². The molecule has 0 aromatic heterocycles. The SMILES string of the molecule is O=POCCC1C(CO)C1(F)F. The monoisotopic (exact) mass is 198 g/mol. The number of rotatable bonds is 5. The summed E-state index contributed by atoms with van der Waals surface area (Å²) in [6, 6.07) is 0. The molecule has 0 aromatic rings. The molecule has 1 aliphatic carbocycles. The van der Waals surface area contributed by atoms with Crippen molar-refractivity contribution in [3.05, 3.63) is 0 Å². The first-order chi connectivity index (χ1) is 5.64. The summed E-state index contributed by atoms with van der Waals surface area (Å²) < 4.78 is 39.3. The van der Waals surface area contributed by atoms with Crippen molar-refractivity contribution in [2.45, 2.75) is 12.3 Å². The predicted molar refractivity (Wildman–Crippen MR) is 37.2 cm³/mol. The van der Waals surface area contributed by atoms with Crippen LogP contribution in [0, 0.1) is 11.8 Å².